The van der Waals surface area contributed by atoms with Crippen LogP contribution in [0.4, 0.5) is 0 Å². The Morgan fingerprint density at radius 3 is 0.947 bits per heavy atom. The van der Waals surface area contributed by atoms with Crippen molar-refractivity contribution in [3.63, 3.8) is 0 Å². The maximum Gasteiger partial charge on any atom is 4.00 e. The average molecular weight is 375 g/mol. The van der Waals surface area contributed by atoms with Crippen molar-refractivity contribution in [1.29, 1.82) is 0 Å². The van der Waals surface area contributed by atoms with Gasteiger partial charge in [0.2, 0.25) is 0 Å². The van der Waals surface area contributed by atoms with Gasteiger partial charge in [-0.15, -0.1) is 0 Å². The van der Waals surface area contributed by atoms with Crippen LogP contribution in [0, 0.1) is 0 Å². The first-order valence-corrected chi connectivity index (χ1v) is 4.29. The summed E-state index contributed by atoms with van der Waals surface area (Å²) in [5.74, 6) is -6.06. The van der Waals surface area contributed by atoms with Gasteiger partial charge in [-0.2, -0.15) is 0 Å². The molecule has 0 saturated heterocycles. The van der Waals surface area contributed by atoms with Crippen LogP contribution in [0.3, 0.4) is 0 Å². The van der Waals surface area contributed by atoms with Crippen LogP contribution in [0.1, 0.15) is 13.8 Å². The molecular weight excluding hydrogens is 367 g/mol. The number of carbonyl (C=O) groups excluding carboxylic acids is 4. The summed E-state index contributed by atoms with van der Waals surface area (Å²) < 4.78 is 0. The van der Waals surface area contributed by atoms with Crippen LogP contribution in [0.5, 0.6) is 0 Å². The largest absolute Gasteiger partial charge is 4.00 e. The molecule has 0 rings (SSSR count). The fourth-order valence-corrected chi connectivity index (χ4v) is 0.471. The molecule has 0 aromatic carbocycles. The minimum absolute atomic E-state index is 0. The van der Waals surface area contributed by atoms with Crippen molar-refractivity contribution in [2.75, 3.05) is 0 Å². The van der Waals surface area contributed by atoms with E-state index in [-0.39, 0.29) is 35.1 Å². The number of carbonyl (C=O) groups is 4. The van der Waals surface area contributed by atoms with Crippen molar-refractivity contribution < 1.29 is 39.6 Å². The molecule has 0 atom stereocenters. The van der Waals surface area contributed by atoms with Gasteiger partial charge >= 0.3 is 23.9 Å². The average Bonchev–Trinajstić information content (AvgIpc) is 2.16. The first-order valence-electron chi connectivity index (χ1n) is 4.29. The van der Waals surface area contributed by atoms with Gasteiger partial charge in [0.15, 0.2) is 0 Å². The fourth-order valence-electron chi connectivity index (χ4n) is 0.471. The van der Waals surface area contributed by atoms with E-state index < -0.39 is 23.9 Å². The summed E-state index contributed by atoms with van der Waals surface area (Å²) >= 11 is 0. The van der Waals surface area contributed by atoms with Crippen LogP contribution >= 0.6 is 0 Å². The zero-order valence-corrected chi connectivity index (χ0v) is 12.8. The molecule has 19 heavy (non-hydrogen) atoms. The Hall–Kier alpha value is -1.84. The normalized spacial score (nSPS) is 10.4. The van der Waals surface area contributed by atoms with Crippen molar-refractivity contribution >= 4 is 47.8 Å². The van der Waals surface area contributed by atoms with E-state index in [4.69, 9.17) is 0 Å². The number of rotatable bonds is 4. The summed E-state index contributed by atoms with van der Waals surface area (Å²) in [6, 6.07) is 0. The van der Waals surface area contributed by atoms with Crippen LogP contribution in [-0.4, -0.2) is 47.8 Å². The van der Waals surface area contributed by atoms with E-state index in [0.717, 1.165) is 13.8 Å². The third kappa shape index (κ3) is 16.2. The van der Waals surface area contributed by atoms with Crippen LogP contribution < -0.4 is 20.4 Å². The first-order chi connectivity index (χ1) is 8.07. The molecule has 0 bridgehead atoms. The molecule has 0 radical (unpaired) electrons. The van der Waals surface area contributed by atoms with Gasteiger partial charge in [-0.25, -0.2) is 0 Å². The standard InChI is InChI=1S/2C5H6O4.Sn/c2*1-3(5(8)9)2-4(6)7;/h2*2H,1H3,(H,6,7)(H,8,9);/q;;+4/p-4/b2*3-2-;. The molecule has 0 saturated carbocycles. The van der Waals surface area contributed by atoms with Gasteiger partial charge in [-0.1, -0.05) is 0 Å². The number of carboxylic acid groups (broad SMARTS) is 4. The molecule has 8 nitrogen and oxygen atoms in total. The molecule has 0 aromatic rings. The van der Waals surface area contributed by atoms with E-state index in [2.05, 4.69) is 0 Å². The van der Waals surface area contributed by atoms with E-state index in [1.165, 1.54) is 0 Å². The Morgan fingerprint density at radius 1 is 0.684 bits per heavy atom. The van der Waals surface area contributed by atoms with Gasteiger partial charge in [-0.05, 0) is 37.1 Å². The van der Waals surface area contributed by atoms with E-state index in [9.17, 15) is 39.6 Å². The molecule has 0 heterocycles. The summed E-state index contributed by atoms with van der Waals surface area (Å²) in [6.07, 6.45) is 0.935. The predicted octanol–water partition coefficient (Wildman–Crippen LogP) is -5.52. The molecule has 0 aromatic heterocycles. The molecule has 0 aliphatic heterocycles. The van der Waals surface area contributed by atoms with Gasteiger partial charge in [0.1, 0.15) is 0 Å². The molecule has 9 heteroatoms. The molecule has 0 spiro atoms. The number of hydrogen-bond acceptors (Lipinski definition) is 8. The Morgan fingerprint density at radius 2 is 0.895 bits per heavy atom. The summed E-state index contributed by atoms with van der Waals surface area (Å²) in [6.45, 7) is 2.23. The van der Waals surface area contributed by atoms with Gasteiger partial charge in [0.05, 0.1) is 23.9 Å². The van der Waals surface area contributed by atoms with Crippen LogP contribution in [0.2, 0.25) is 0 Å². The Balaban J connectivity index is -0.000000256. The summed E-state index contributed by atoms with van der Waals surface area (Å²) in [4.78, 5) is 38.8. The number of aliphatic carboxylic acids is 4. The third-order valence-corrected chi connectivity index (χ3v) is 1.31. The Kier molecular flexibility index (Phi) is 13.2. The molecule has 0 aliphatic carbocycles. The van der Waals surface area contributed by atoms with E-state index >= 15 is 0 Å². The van der Waals surface area contributed by atoms with Gasteiger partial charge < -0.3 is 39.6 Å². The topological polar surface area (TPSA) is 161 Å². The van der Waals surface area contributed by atoms with Crippen LogP contribution in [0.15, 0.2) is 23.3 Å². The summed E-state index contributed by atoms with van der Waals surface area (Å²) in [7, 11) is 0. The number of carboxylic acids is 4. The van der Waals surface area contributed by atoms with Gasteiger partial charge in [0, 0.05) is 0 Å². The molecule has 0 fully saturated rings. The zero-order chi connectivity index (χ0) is 14.9. The molecule has 0 amide bonds. The van der Waals surface area contributed by atoms with Crippen molar-refractivity contribution in [3.8, 4) is 0 Å². The predicted molar refractivity (Wildman–Crippen MR) is 53.3 cm³/mol. The molecule has 0 N–H and O–H groups in total. The summed E-state index contributed by atoms with van der Waals surface area (Å²) in [5, 5.41) is 38.8. The Bertz CT molecular complexity index is 381. The SMILES string of the molecule is C/C(=C/C(=O)[O-])C(=O)[O-].C/C(=C/C(=O)[O-])C(=O)[O-].[Sn+4]. The second kappa shape index (κ2) is 11.3. The fraction of sp³-hybridized carbons (Fsp3) is 0.200. The van der Waals surface area contributed by atoms with Gasteiger partial charge in [0.25, 0.3) is 0 Å². The van der Waals surface area contributed by atoms with E-state index in [0.29, 0.717) is 12.2 Å². The van der Waals surface area contributed by atoms with Crippen LogP contribution in [-0.2, 0) is 19.2 Å². The molecular formula is C10H8O8Sn. The minimum Gasteiger partial charge on any atom is -0.545 e. The van der Waals surface area contributed by atoms with Crippen LogP contribution in [0.25, 0.3) is 0 Å². The monoisotopic (exact) mass is 376 g/mol. The van der Waals surface area contributed by atoms with Crippen molar-refractivity contribution in [2.24, 2.45) is 0 Å². The molecule has 100 valence electrons. The van der Waals surface area contributed by atoms with Crippen molar-refractivity contribution in [3.05, 3.63) is 23.3 Å². The second-order valence-corrected chi connectivity index (χ2v) is 2.87. The molecule has 0 unspecified atom stereocenters. The van der Waals surface area contributed by atoms with E-state index in [1.54, 1.807) is 0 Å². The zero-order valence-electron chi connectivity index (χ0n) is 9.92. The summed E-state index contributed by atoms with van der Waals surface area (Å²) in [5.41, 5.74) is -0.704. The van der Waals surface area contributed by atoms with Gasteiger partial charge in [-0.3, -0.25) is 0 Å². The van der Waals surface area contributed by atoms with E-state index in [1.807, 2.05) is 0 Å². The Labute approximate surface area is 125 Å². The minimum atomic E-state index is -1.53. The first kappa shape index (κ1) is 22.3. The van der Waals surface area contributed by atoms with Crippen molar-refractivity contribution in [2.45, 2.75) is 13.8 Å². The number of hydrogen-bond donors (Lipinski definition) is 0. The second-order valence-electron chi connectivity index (χ2n) is 2.87. The maximum absolute atomic E-state index is 9.76. The maximum atomic E-state index is 9.76. The van der Waals surface area contributed by atoms with Crippen molar-refractivity contribution in [1.82, 2.24) is 0 Å². The quantitative estimate of drug-likeness (QED) is 0.347. The molecule has 0 aliphatic rings. The third-order valence-electron chi connectivity index (χ3n) is 1.31. The smallest absolute Gasteiger partial charge is 0.545 e.